The summed E-state index contributed by atoms with van der Waals surface area (Å²) in [6.45, 7) is 5.37. The molecule has 0 amide bonds. The Hall–Kier alpha value is -0.0800. The molecule has 10 heavy (non-hydrogen) atoms. The van der Waals surface area contributed by atoms with Crippen molar-refractivity contribution in [3.05, 3.63) is 0 Å². The van der Waals surface area contributed by atoms with Gasteiger partial charge in [0.25, 0.3) is 0 Å². The first kappa shape index (κ1) is 8.02. The van der Waals surface area contributed by atoms with Gasteiger partial charge in [0.2, 0.25) is 0 Å². The molecule has 0 aliphatic carbocycles. The molecule has 1 saturated heterocycles. The lowest BCUT2D eigenvalue weighted by atomic mass is 9.85. The molecule has 0 aromatic carbocycles. The first-order valence-electron chi connectivity index (χ1n) is 3.92. The van der Waals surface area contributed by atoms with E-state index in [0.29, 0.717) is 5.41 Å². The van der Waals surface area contributed by atoms with Gasteiger partial charge in [-0.25, -0.2) is 0 Å². The Balaban J connectivity index is 2.41. The van der Waals surface area contributed by atoms with Crippen molar-refractivity contribution < 1.29 is 9.84 Å². The van der Waals surface area contributed by atoms with Crippen molar-refractivity contribution in [3.8, 4) is 0 Å². The quantitative estimate of drug-likeness (QED) is 0.630. The molecule has 0 radical (unpaired) electrons. The minimum atomic E-state index is 0.102. The largest absolute Gasteiger partial charge is 0.394 e. The number of hydrogen-bond acceptors (Lipinski definition) is 2. The zero-order valence-corrected chi connectivity index (χ0v) is 6.76. The van der Waals surface area contributed by atoms with Crippen molar-refractivity contribution in [3.63, 3.8) is 0 Å². The molecule has 0 saturated carbocycles. The highest BCUT2D eigenvalue weighted by Crippen LogP contribution is 2.34. The van der Waals surface area contributed by atoms with Crippen molar-refractivity contribution in [2.75, 3.05) is 13.2 Å². The van der Waals surface area contributed by atoms with E-state index in [1.54, 1.807) is 0 Å². The average Bonchev–Trinajstić information content (AvgIpc) is 2.33. The molecule has 0 aromatic heterocycles. The fourth-order valence-corrected chi connectivity index (χ4v) is 1.35. The number of rotatable bonds is 2. The van der Waals surface area contributed by atoms with Crippen LogP contribution in [0.4, 0.5) is 0 Å². The molecule has 1 N–H and O–H groups in total. The smallest absolute Gasteiger partial charge is 0.0812 e. The fraction of sp³-hybridized carbons (Fsp3) is 1.00. The summed E-state index contributed by atoms with van der Waals surface area (Å²) in [4.78, 5) is 0. The molecule has 2 atom stereocenters. The van der Waals surface area contributed by atoms with Crippen molar-refractivity contribution in [1.82, 2.24) is 0 Å². The lowest BCUT2D eigenvalue weighted by Crippen LogP contribution is -2.15. The van der Waals surface area contributed by atoms with Gasteiger partial charge in [-0.1, -0.05) is 13.8 Å². The Morgan fingerprint density at radius 2 is 2.40 bits per heavy atom. The minimum absolute atomic E-state index is 0.102. The van der Waals surface area contributed by atoms with Crippen molar-refractivity contribution >= 4 is 0 Å². The second-order valence-corrected chi connectivity index (χ2v) is 3.48. The van der Waals surface area contributed by atoms with Gasteiger partial charge in [0.15, 0.2) is 0 Å². The van der Waals surface area contributed by atoms with Gasteiger partial charge in [0.05, 0.1) is 19.3 Å². The molecular formula is C8H16O2. The SMILES string of the molecule is CCC1(C)COC(CO)C1. The molecule has 1 fully saturated rings. The van der Waals surface area contributed by atoms with E-state index in [2.05, 4.69) is 13.8 Å². The first-order valence-corrected chi connectivity index (χ1v) is 3.92. The molecule has 0 aromatic rings. The molecular weight excluding hydrogens is 128 g/mol. The van der Waals surface area contributed by atoms with Gasteiger partial charge < -0.3 is 9.84 Å². The lowest BCUT2D eigenvalue weighted by Gasteiger charge is -2.18. The average molecular weight is 144 g/mol. The van der Waals surface area contributed by atoms with Crippen LogP contribution < -0.4 is 0 Å². The number of aliphatic hydroxyl groups is 1. The predicted octanol–water partition coefficient (Wildman–Crippen LogP) is 1.18. The Morgan fingerprint density at radius 3 is 2.70 bits per heavy atom. The normalized spacial score (nSPS) is 40.5. The molecule has 1 aliphatic heterocycles. The van der Waals surface area contributed by atoms with Crippen LogP contribution in [0.3, 0.4) is 0 Å². The second kappa shape index (κ2) is 2.89. The molecule has 1 heterocycles. The third-order valence-electron chi connectivity index (χ3n) is 2.45. The van der Waals surface area contributed by atoms with Gasteiger partial charge in [0.1, 0.15) is 0 Å². The van der Waals surface area contributed by atoms with Crippen LogP contribution in [-0.4, -0.2) is 24.4 Å². The summed E-state index contributed by atoms with van der Waals surface area (Å²) in [6, 6.07) is 0. The van der Waals surface area contributed by atoms with Crippen LogP contribution in [0.15, 0.2) is 0 Å². The monoisotopic (exact) mass is 144 g/mol. The summed E-state index contributed by atoms with van der Waals surface area (Å²) in [5, 5.41) is 8.77. The molecule has 60 valence electrons. The topological polar surface area (TPSA) is 29.5 Å². The van der Waals surface area contributed by atoms with Crippen LogP contribution in [0.5, 0.6) is 0 Å². The number of aliphatic hydroxyl groups excluding tert-OH is 1. The highest BCUT2D eigenvalue weighted by Gasteiger charge is 2.33. The Morgan fingerprint density at radius 1 is 1.70 bits per heavy atom. The summed E-state index contributed by atoms with van der Waals surface area (Å²) < 4.78 is 5.36. The number of hydrogen-bond donors (Lipinski definition) is 1. The highest BCUT2D eigenvalue weighted by atomic mass is 16.5. The van der Waals surface area contributed by atoms with Gasteiger partial charge in [0, 0.05) is 0 Å². The minimum Gasteiger partial charge on any atom is -0.394 e. The van der Waals surface area contributed by atoms with E-state index in [9.17, 15) is 0 Å². The van der Waals surface area contributed by atoms with E-state index in [1.807, 2.05) is 0 Å². The van der Waals surface area contributed by atoms with Crippen LogP contribution in [-0.2, 0) is 4.74 Å². The van der Waals surface area contributed by atoms with Crippen molar-refractivity contribution in [1.29, 1.82) is 0 Å². The fourth-order valence-electron chi connectivity index (χ4n) is 1.35. The first-order chi connectivity index (χ1) is 4.70. The molecule has 0 bridgehead atoms. The third kappa shape index (κ3) is 1.50. The van der Waals surface area contributed by atoms with E-state index < -0.39 is 0 Å². The predicted molar refractivity (Wildman–Crippen MR) is 39.8 cm³/mol. The van der Waals surface area contributed by atoms with Crippen LogP contribution in [0.25, 0.3) is 0 Å². The second-order valence-electron chi connectivity index (χ2n) is 3.48. The van der Waals surface area contributed by atoms with E-state index in [4.69, 9.17) is 9.84 Å². The van der Waals surface area contributed by atoms with E-state index in [1.165, 1.54) is 0 Å². The van der Waals surface area contributed by atoms with E-state index >= 15 is 0 Å². The Bertz CT molecular complexity index is 114. The standard InChI is InChI=1S/C8H16O2/c1-3-8(2)4-7(5-9)10-6-8/h7,9H,3-6H2,1-2H3. The molecule has 1 rings (SSSR count). The summed E-state index contributed by atoms with van der Waals surface area (Å²) in [5.41, 5.74) is 0.327. The summed E-state index contributed by atoms with van der Waals surface area (Å²) in [6.07, 6.45) is 2.26. The van der Waals surface area contributed by atoms with Gasteiger partial charge in [-0.15, -0.1) is 0 Å². The molecule has 2 heteroatoms. The lowest BCUT2D eigenvalue weighted by molar-refractivity contribution is 0.0535. The van der Waals surface area contributed by atoms with E-state index in [-0.39, 0.29) is 12.7 Å². The Kier molecular flexibility index (Phi) is 2.32. The van der Waals surface area contributed by atoms with Gasteiger partial charge in [-0.3, -0.25) is 0 Å². The maximum Gasteiger partial charge on any atom is 0.0812 e. The molecule has 0 spiro atoms. The maximum absolute atomic E-state index is 8.77. The Labute approximate surface area is 62.2 Å². The summed E-state index contributed by atoms with van der Waals surface area (Å²) in [7, 11) is 0. The van der Waals surface area contributed by atoms with Crippen LogP contribution in [0.1, 0.15) is 26.7 Å². The summed E-state index contributed by atoms with van der Waals surface area (Å²) in [5.74, 6) is 0. The summed E-state index contributed by atoms with van der Waals surface area (Å²) >= 11 is 0. The van der Waals surface area contributed by atoms with Gasteiger partial charge in [-0.05, 0) is 18.3 Å². The van der Waals surface area contributed by atoms with Crippen LogP contribution >= 0.6 is 0 Å². The van der Waals surface area contributed by atoms with Gasteiger partial charge >= 0.3 is 0 Å². The highest BCUT2D eigenvalue weighted by molar-refractivity contribution is 4.82. The third-order valence-corrected chi connectivity index (χ3v) is 2.45. The molecule has 1 aliphatic rings. The van der Waals surface area contributed by atoms with Crippen molar-refractivity contribution in [2.24, 2.45) is 5.41 Å². The van der Waals surface area contributed by atoms with Crippen LogP contribution in [0, 0.1) is 5.41 Å². The maximum atomic E-state index is 8.77. The van der Waals surface area contributed by atoms with Crippen LogP contribution in [0.2, 0.25) is 0 Å². The van der Waals surface area contributed by atoms with Gasteiger partial charge in [-0.2, -0.15) is 0 Å². The molecule has 2 unspecified atom stereocenters. The van der Waals surface area contributed by atoms with E-state index in [0.717, 1.165) is 19.4 Å². The molecule has 2 nitrogen and oxygen atoms in total. The number of ether oxygens (including phenoxy) is 1. The zero-order chi connectivity index (χ0) is 7.61. The van der Waals surface area contributed by atoms with Crippen molar-refractivity contribution in [2.45, 2.75) is 32.8 Å². The zero-order valence-electron chi connectivity index (χ0n) is 6.76.